The molecule has 0 fully saturated rings. The Morgan fingerprint density at radius 1 is 1.35 bits per heavy atom. The molecule has 1 amide bonds. The minimum atomic E-state index is -0.499. The third kappa shape index (κ3) is 3.78. The predicted octanol–water partition coefficient (Wildman–Crippen LogP) is 2.37. The number of carbonyl (C=O) groups is 1. The number of nitrogens with zero attached hydrogens (tertiary/aromatic N) is 1. The number of carbonyl (C=O) groups excluding carboxylic acids is 1. The second kappa shape index (κ2) is 6.48. The number of nitrogens with one attached hydrogen (secondary N) is 1. The van der Waals surface area contributed by atoms with Crippen LogP contribution in [0.25, 0.3) is 10.9 Å². The van der Waals surface area contributed by atoms with Crippen molar-refractivity contribution >= 4 is 16.8 Å². The zero-order valence-electron chi connectivity index (χ0n) is 11.8. The summed E-state index contributed by atoms with van der Waals surface area (Å²) in [6.45, 7) is 4.37. The van der Waals surface area contributed by atoms with E-state index < -0.39 is 6.10 Å². The third-order valence-electron chi connectivity index (χ3n) is 3.11. The van der Waals surface area contributed by atoms with Crippen molar-refractivity contribution in [3.05, 3.63) is 42.1 Å². The monoisotopic (exact) mass is 272 g/mol. The van der Waals surface area contributed by atoms with Crippen LogP contribution in [0.3, 0.4) is 0 Å². The topological polar surface area (TPSA) is 62.2 Å². The molecule has 0 aliphatic rings. The molecule has 106 valence electrons. The van der Waals surface area contributed by atoms with Gasteiger partial charge in [-0.25, -0.2) is 0 Å². The number of fused-ring (bicyclic) bond motifs is 1. The Hall–Kier alpha value is -1.94. The molecular formula is C16H20N2O2. The van der Waals surface area contributed by atoms with Gasteiger partial charge in [0.2, 0.25) is 0 Å². The van der Waals surface area contributed by atoms with E-state index in [1.54, 1.807) is 12.3 Å². The Morgan fingerprint density at radius 2 is 2.15 bits per heavy atom. The van der Waals surface area contributed by atoms with Crippen LogP contribution in [0.4, 0.5) is 0 Å². The molecule has 1 aromatic heterocycles. The van der Waals surface area contributed by atoms with Crippen molar-refractivity contribution in [2.24, 2.45) is 5.92 Å². The van der Waals surface area contributed by atoms with Crippen molar-refractivity contribution < 1.29 is 9.90 Å². The van der Waals surface area contributed by atoms with Gasteiger partial charge < -0.3 is 10.4 Å². The lowest BCUT2D eigenvalue weighted by molar-refractivity contribution is 0.0900. The van der Waals surface area contributed by atoms with Gasteiger partial charge in [0.15, 0.2) is 0 Å². The summed E-state index contributed by atoms with van der Waals surface area (Å²) in [6, 6.07) is 9.16. The van der Waals surface area contributed by atoms with Gasteiger partial charge in [0, 0.05) is 23.7 Å². The highest BCUT2D eigenvalue weighted by Gasteiger charge is 2.10. The summed E-state index contributed by atoms with van der Waals surface area (Å²) in [5.74, 6) is 0.243. The SMILES string of the molecule is CC(C)CC(O)CNC(=O)c1ccc2ncccc2c1. The number of benzene rings is 1. The van der Waals surface area contributed by atoms with Crippen LogP contribution in [0.2, 0.25) is 0 Å². The van der Waals surface area contributed by atoms with Gasteiger partial charge in [0.25, 0.3) is 5.91 Å². The van der Waals surface area contributed by atoms with Crippen LogP contribution in [0.5, 0.6) is 0 Å². The van der Waals surface area contributed by atoms with E-state index in [9.17, 15) is 9.90 Å². The predicted molar refractivity (Wildman–Crippen MR) is 79.5 cm³/mol. The Bertz CT molecular complexity index is 596. The summed E-state index contributed by atoms with van der Waals surface area (Å²) in [6.07, 6.45) is 1.91. The molecule has 0 aliphatic heterocycles. The maximum Gasteiger partial charge on any atom is 0.251 e. The summed E-state index contributed by atoms with van der Waals surface area (Å²) in [4.78, 5) is 16.3. The molecule has 0 bridgehead atoms. The van der Waals surface area contributed by atoms with Gasteiger partial charge in [-0.15, -0.1) is 0 Å². The summed E-state index contributed by atoms with van der Waals surface area (Å²) in [5, 5.41) is 13.5. The summed E-state index contributed by atoms with van der Waals surface area (Å²) >= 11 is 0. The molecule has 4 nitrogen and oxygen atoms in total. The van der Waals surface area contributed by atoms with Crippen LogP contribution >= 0.6 is 0 Å². The van der Waals surface area contributed by atoms with E-state index in [0.29, 0.717) is 17.9 Å². The number of hydrogen-bond donors (Lipinski definition) is 2. The van der Waals surface area contributed by atoms with Crippen molar-refractivity contribution in [2.75, 3.05) is 6.54 Å². The highest BCUT2D eigenvalue weighted by atomic mass is 16.3. The zero-order valence-corrected chi connectivity index (χ0v) is 11.8. The minimum absolute atomic E-state index is 0.168. The van der Waals surface area contributed by atoms with Gasteiger partial charge in [-0.3, -0.25) is 9.78 Å². The molecule has 1 unspecified atom stereocenters. The number of hydrogen-bond acceptors (Lipinski definition) is 3. The zero-order chi connectivity index (χ0) is 14.5. The molecule has 4 heteroatoms. The Kier molecular flexibility index (Phi) is 4.69. The molecule has 0 aliphatic carbocycles. The van der Waals surface area contributed by atoms with E-state index in [1.165, 1.54) is 0 Å². The normalized spacial score (nSPS) is 12.6. The average molecular weight is 272 g/mol. The molecular weight excluding hydrogens is 252 g/mol. The molecule has 0 radical (unpaired) electrons. The number of rotatable bonds is 5. The van der Waals surface area contributed by atoms with Crippen molar-refractivity contribution in [3.63, 3.8) is 0 Å². The Balaban J connectivity index is 2.00. The molecule has 0 spiro atoms. The first kappa shape index (κ1) is 14.5. The molecule has 1 heterocycles. The van der Waals surface area contributed by atoms with Crippen molar-refractivity contribution in [1.29, 1.82) is 0 Å². The Labute approximate surface area is 118 Å². The average Bonchev–Trinajstić information content (AvgIpc) is 2.43. The number of aliphatic hydroxyl groups excluding tert-OH is 1. The van der Waals surface area contributed by atoms with Gasteiger partial charge in [0.1, 0.15) is 0 Å². The van der Waals surface area contributed by atoms with Gasteiger partial charge in [-0.05, 0) is 36.6 Å². The van der Waals surface area contributed by atoms with Crippen LogP contribution in [0.1, 0.15) is 30.6 Å². The summed E-state index contributed by atoms with van der Waals surface area (Å²) in [7, 11) is 0. The molecule has 0 saturated heterocycles. The first-order chi connectivity index (χ1) is 9.56. The van der Waals surface area contributed by atoms with Gasteiger partial charge >= 0.3 is 0 Å². The minimum Gasteiger partial charge on any atom is -0.391 e. The van der Waals surface area contributed by atoms with Gasteiger partial charge in [-0.1, -0.05) is 19.9 Å². The molecule has 2 rings (SSSR count). The second-order valence-corrected chi connectivity index (χ2v) is 5.40. The lowest BCUT2D eigenvalue weighted by Crippen LogP contribution is -2.32. The highest BCUT2D eigenvalue weighted by molar-refractivity contribution is 5.97. The fourth-order valence-corrected chi connectivity index (χ4v) is 2.16. The van der Waals surface area contributed by atoms with Crippen LogP contribution in [0, 0.1) is 5.92 Å². The van der Waals surface area contributed by atoms with E-state index in [0.717, 1.165) is 10.9 Å². The van der Waals surface area contributed by atoms with E-state index >= 15 is 0 Å². The maximum atomic E-state index is 12.0. The van der Waals surface area contributed by atoms with Crippen LogP contribution in [-0.2, 0) is 0 Å². The highest BCUT2D eigenvalue weighted by Crippen LogP contribution is 2.13. The quantitative estimate of drug-likeness (QED) is 0.878. The standard InChI is InChI=1S/C16H20N2O2/c1-11(2)8-14(19)10-18-16(20)13-5-6-15-12(9-13)4-3-7-17-15/h3-7,9,11,14,19H,8,10H2,1-2H3,(H,18,20). The lowest BCUT2D eigenvalue weighted by atomic mass is 10.1. The molecule has 2 N–H and O–H groups in total. The largest absolute Gasteiger partial charge is 0.391 e. The Morgan fingerprint density at radius 3 is 2.90 bits per heavy atom. The molecule has 0 saturated carbocycles. The number of aromatic nitrogens is 1. The van der Waals surface area contributed by atoms with Crippen LogP contribution < -0.4 is 5.32 Å². The molecule has 20 heavy (non-hydrogen) atoms. The first-order valence-electron chi connectivity index (χ1n) is 6.87. The number of pyridine rings is 1. The summed E-state index contributed by atoms with van der Waals surface area (Å²) in [5.41, 5.74) is 1.45. The van der Waals surface area contributed by atoms with E-state index in [4.69, 9.17) is 0 Å². The molecule has 1 atom stereocenters. The molecule has 1 aromatic carbocycles. The van der Waals surface area contributed by atoms with E-state index in [1.807, 2.05) is 38.1 Å². The first-order valence-corrected chi connectivity index (χ1v) is 6.87. The van der Waals surface area contributed by atoms with Crippen molar-refractivity contribution in [3.8, 4) is 0 Å². The van der Waals surface area contributed by atoms with E-state index in [-0.39, 0.29) is 12.5 Å². The smallest absolute Gasteiger partial charge is 0.251 e. The second-order valence-electron chi connectivity index (χ2n) is 5.40. The fraction of sp³-hybridized carbons (Fsp3) is 0.375. The van der Waals surface area contributed by atoms with Crippen molar-refractivity contribution in [1.82, 2.24) is 10.3 Å². The van der Waals surface area contributed by atoms with Crippen molar-refractivity contribution in [2.45, 2.75) is 26.4 Å². The van der Waals surface area contributed by atoms with Crippen LogP contribution in [0.15, 0.2) is 36.5 Å². The number of aliphatic hydroxyl groups is 1. The third-order valence-corrected chi connectivity index (χ3v) is 3.11. The van der Waals surface area contributed by atoms with E-state index in [2.05, 4.69) is 10.3 Å². The van der Waals surface area contributed by atoms with Gasteiger partial charge in [0.05, 0.1) is 11.6 Å². The summed E-state index contributed by atoms with van der Waals surface area (Å²) < 4.78 is 0. The lowest BCUT2D eigenvalue weighted by Gasteiger charge is -2.14. The van der Waals surface area contributed by atoms with Gasteiger partial charge in [-0.2, -0.15) is 0 Å². The molecule has 2 aromatic rings. The number of amides is 1. The van der Waals surface area contributed by atoms with Crippen LogP contribution in [-0.4, -0.2) is 28.6 Å². The fourth-order valence-electron chi connectivity index (χ4n) is 2.16. The maximum absolute atomic E-state index is 12.0.